The minimum atomic E-state index is -0.602. The van der Waals surface area contributed by atoms with Crippen molar-refractivity contribution in [1.29, 1.82) is 5.26 Å². The highest BCUT2D eigenvalue weighted by Gasteiger charge is 2.47. The lowest BCUT2D eigenvalue weighted by molar-refractivity contribution is 0.590. The van der Waals surface area contributed by atoms with E-state index in [1.54, 1.807) is 4.57 Å². The van der Waals surface area contributed by atoms with E-state index in [4.69, 9.17) is 0 Å². The summed E-state index contributed by atoms with van der Waals surface area (Å²) in [6.45, 7) is 33.7. The van der Waals surface area contributed by atoms with E-state index in [-0.39, 0.29) is 49.0 Å². The molecule has 122 heavy (non-hydrogen) atoms. The fourth-order valence-corrected chi connectivity index (χ4v) is 18.3. The molecule has 19 rings (SSSR count). The van der Waals surface area contributed by atoms with E-state index in [9.17, 15) is 14.9 Å². The van der Waals surface area contributed by atoms with Gasteiger partial charge in [-0.05, 0) is 246 Å². The summed E-state index contributed by atoms with van der Waals surface area (Å²) in [5.41, 5.74) is 31.1. The van der Waals surface area contributed by atoms with Crippen LogP contribution in [0.25, 0.3) is 128 Å². The maximum absolute atomic E-state index is 10.9. The van der Waals surface area contributed by atoms with E-state index in [0.29, 0.717) is 5.69 Å². The first-order chi connectivity index (χ1) is 61.5. The molecule has 1 aromatic heterocycles. The van der Waals surface area contributed by atoms with E-state index >= 15 is 0 Å². The molecule has 0 spiro atoms. The Hall–Kier alpha value is -13.5. The normalized spacial score (nSPS) is 13.6. The molecule has 17 aromatic rings. The molecule has 0 aliphatic carbocycles. The van der Waals surface area contributed by atoms with Crippen LogP contribution in [0.5, 0.6) is 0 Å². The zero-order chi connectivity index (χ0) is 90.6. The standard InChI is InChI=1S/C117H103BN4/c1-113(2,3)90-46-30-42-81(62-90)97-66-88(78-38-24-18-25-39-78)67-98(82-43-31-47-91(63-82)114(4,5)6)111(97)121-106-57-53-80(87-60-85(76-34-20-16-21-35-76)59-86(61-87)77-36-22-17-23-37-77)70-103(106)118-102-55-54-95(120-104-51-29-28-50-96(104)101-58-75(74-119)52-56-105(101)120)73-107(102)122(109-72-94(117(13,14)15)71-108(121)110(109)118)112-99(83-44-32-48-92(64-83)115(7,8)9)68-89(79-40-26-19-27-41-79)69-100(112)84-45-33-49-93(65-84)116(10,11)12/h16-73H,1-15H3/i28D,29D,50D,51D,52D,56D,58D. The molecule has 0 amide bonds. The summed E-state index contributed by atoms with van der Waals surface area (Å²) < 4.78 is 70.2. The summed E-state index contributed by atoms with van der Waals surface area (Å²) in [6.07, 6.45) is 0. The van der Waals surface area contributed by atoms with Gasteiger partial charge in [0.1, 0.15) is 0 Å². The quantitative estimate of drug-likeness (QED) is 0.114. The van der Waals surface area contributed by atoms with Crippen LogP contribution in [0.2, 0.25) is 0 Å². The molecule has 16 aromatic carbocycles. The number of hydrogen-bond acceptors (Lipinski definition) is 3. The first kappa shape index (κ1) is 70.3. The van der Waals surface area contributed by atoms with Gasteiger partial charge < -0.3 is 14.4 Å². The SMILES string of the molecule is [2H]c1c([2H])c([2H])c2c(c1[2H])c1c([2H])c(C#N)c([2H])c([2H])c1n2-c1ccc2c(c1)N(c1c(-c3cccc(C(C)(C)C)c3)cc(-c3ccccc3)cc1-c1cccc(C(C)(C)C)c1)c1cc(C(C)(C)C)cc3c1B2c1cc(-c2cc(-c4ccccc4)cc(-c4ccccc4)c2)ccc1N3c1c(-c2cccc(C(C)(C)C)c2)cc(-c2ccccc2)cc1-c1cccc(C(C)(C)C)c1. The van der Waals surface area contributed by atoms with Gasteiger partial charge in [-0.2, -0.15) is 5.26 Å². The average Bonchev–Trinajstić information content (AvgIpc) is 1.67. The van der Waals surface area contributed by atoms with E-state index in [1.165, 1.54) is 11.1 Å². The van der Waals surface area contributed by atoms with Crippen LogP contribution in [0, 0.1) is 11.3 Å². The first-order valence-electron chi connectivity index (χ1n) is 46.2. The van der Waals surface area contributed by atoms with Crippen molar-refractivity contribution in [3.63, 3.8) is 0 Å². The Balaban J connectivity index is 1.05. The minimum Gasteiger partial charge on any atom is -0.310 e. The third kappa shape index (κ3) is 14.2. The Morgan fingerprint density at radius 1 is 0.279 bits per heavy atom. The zero-order valence-electron chi connectivity index (χ0n) is 79.3. The largest absolute Gasteiger partial charge is 0.310 e. The minimum absolute atomic E-state index is 0.0134. The molecule has 0 N–H and O–H groups in total. The molecule has 2 aliphatic rings. The molecule has 5 heteroatoms. The van der Waals surface area contributed by atoms with Crippen LogP contribution in [-0.2, 0) is 27.1 Å². The molecule has 2 aliphatic heterocycles. The van der Waals surface area contributed by atoms with Gasteiger partial charge in [0, 0.05) is 61.5 Å². The number of rotatable bonds is 12. The summed E-state index contributed by atoms with van der Waals surface area (Å²) >= 11 is 0. The summed E-state index contributed by atoms with van der Waals surface area (Å²) in [5.74, 6) is 0. The van der Waals surface area contributed by atoms with Crippen molar-refractivity contribution in [2.45, 2.75) is 131 Å². The van der Waals surface area contributed by atoms with E-state index in [0.717, 1.165) is 167 Å². The van der Waals surface area contributed by atoms with Crippen LogP contribution in [0.15, 0.2) is 352 Å². The van der Waals surface area contributed by atoms with Crippen LogP contribution in [0.1, 0.15) is 147 Å². The van der Waals surface area contributed by atoms with Gasteiger partial charge in [-0.15, -0.1) is 0 Å². The molecule has 4 nitrogen and oxygen atoms in total. The maximum atomic E-state index is 10.9. The third-order valence-corrected chi connectivity index (χ3v) is 25.0. The Morgan fingerprint density at radius 3 is 1.05 bits per heavy atom. The Labute approximate surface area is 731 Å². The van der Waals surface area contributed by atoms with Crippen molar-refractivity contribution in [2.75, 3.05) is 9.80 Å². The highest BCUT2D eigenvalue weighted by Crippen LogP contribution is 2.57. The molecule has 0 bridgehead atoms. The van der Waals surface area contributed by atoms with Crippen molar-refractivity contribution in [1.82, 2.24) is 4.57 Å². The number of hydrogen-bond donors (Lipinski definition) is 0. The van der Waals surface area contributed by atoms with E-state index in [1.807, 2.05) is 6.07 Å². The summed E-state index contributed by atoms with van der Waals surface area (Å²) in [4.78, 5) is 5.15. The summed E-state index contributed by atoms with van der Waals surface area (Å²) in [6, 6.07) is 113. The lowest BCUT2D eigenvalue weighted by Crippen LogP contribution is -2.61. The second-order valence-corrected chi connectivity index (χ2v) is 38.4. The Morgan fingerprint density at radius 2 is 0.648 bits per heavy atom. The highest BCUT2D eigenvalue weighted by molar-refractivity contribution is 7.00. The fraction of sp³-hybridized carbons (Fsp3) is 0.171. The molecule has 0 saturated carbocycles. The van der Waals surface area contributed by atoms with Gasteiger partial charge >= 0.3 is 0 Å². The third-order valence-electron chi connectivity index (χ3n) is 25.0. The van der Waals surface area contributed by atoms with Gasteiger partial charge in [0.15, 0.2) is 0 Å². The molecule has 594 valence electrons. The number of fused-ring (bicyclic) bond motifs is 7. The van der Waals surface area contributed by atoms with Gasteiger partial charge in [-0.25, -0.2) is 0 Å². The molecule has 0 unspecified atom stereocenters. The van der Waals surface area contributed by atoms with E-state index in [2.05, 4.69) is 423 Å². The highest BCUT2D eigenvalue weighted by atomic mass is 15.2. The predicted octanol–water partition coefficient (Wildman–Crippen LogP) is 30.2. The first-order valence-corrected chi connectivity index (χ1v) is 42.7. The van der Waals surface area contributed by atoms with Gasteiger partial charge in [0.25, 0.3) is 6.71 Å². The van der Waals surface area contributed by atoms with Crippen molar-refractivity contribution in [3.05, 3.63) is 385 Å². The van der Waals surface area contributed by atoms with Crippen molar-refractivity contribution >= 4 is 79.0 Å². The second kappa shape index (κ2) is 30.0. The topological polar surface area (TPSA) is 35.2 Å². The van der Waals surface area contributed by atoms with Crippen LogP contribution >= 0.6 is 0 Å². The number of nitrogens with zero attached hydrogens (tertiary/aromatic N) is 4. The molecule has 0 saturated heterocycles. The average molecular weight is 1580 g/mol. The molecule has 3 heterocycles. The van der Waals surface area contributed by atoms with Crippen LogP contribution in [0.3, 0.4) is 0 Å². The number of nitriles is 1. The molecular weight excluding hydrogens is 1470 g/mol. The van der Waals surface area contributed by atoms with Gasteiger partial charge in [0.2, 0.25) is 0 Å². The van der Waals surface area contributed by atoms with E-state index < -0.39 is 54.4 Å². The zero-order valence-corrected chi connectivity index (χ0v) is 72.3. The molecule has 0 atom stereocenters. The van der Waals surface area contributed by atoms with Crippen molar-refractivity contribution in [2.24, 2.45) is 0 Å². The second-order valence-electron chi connectivity index (χ2n) is 38.4. The summed E-state index contributed by atoms with van der Waals surface area (Å²) in [5, 5.41) is 10.8. The van der Waals surface area contributed by atoms with Gasteiger partial charge in [-0.3, -0.25) is 0 Å². The van der Waals surface area contributed by atoms with Crippen LogP contribution in [0.4, 0.5) is 34.1 Å². The monoisotopic (exact) mass is 1580 g/mol. The predicted molar refractivity (Wildman–Crippen MR) is 522 cm³/mol. The lowest BCUT2D eigenvalue weighted by Gasteiger charge is -2.46. The molecular formula is C117H103BN4. The van der Waals surface area contributed by atoms with Gasteiger partial charge in [-0.1, -0.05) is 359 Å². The van der Waals surface area contributed by atoms with Gasteiger partial charge in [0.05, 0.1) is 43.6 Å². The Kier molecular flexibility index (Phi) is 17.3. The molecule has 0 fully saturated rings. The number of anilines is 6. The number of aromatic nitrogens is 1. The number of benzene rings is 16. The van der Waals surface area contributed by atoms with Crippen molar-refractivity contribution in [3.8, 4) is 112 Å². The smallest absolute Gasteiger partial charge is 0.252 e. The summed E-state index contributed by atoms with van der Waals surface area (Å²) in [7, 11) is 0. The maximum Gasteiger partial charge on any atom is 0.252 e. The number of para-hydroxylation sites is 1. The van der Waals surface area contributed by atoms with Crippen LogP contribution in [-0.4, -0.2) is 11.3 Å². The fourth-order valence-electron chi connectivity index (χ4n) is 18.3. The lowest BCUT2D eigenvalue weighted by atomic mass is 9.33. The van der Waals surface area contributed by atoms with Crippen LogP contribution < -0.4 is 26.2 Å². The Bertz CT molecular complexity index is 7260. The van der Waals surface area contributed by atoms with Crippen molar-refractivity contribution < 1.29 is 9.60 Å². The molecule has 0 radical (unpaired) electrons.